The van der Waals surface area contributed by atoms with Crippen LogP contribution in [0.1, 0.15) is 6.42 Å². The first-order valence-corrected chi connectivity index (χ1v) is 8.48. The molecule has 1 aliphatic rings. The van der Waals surface area contributed by atoms with E-state index in [9.17, 15) is 8.42 Å². The Labute approximate surface area is 127 Å². The highest BCUT2D eigenvalue weighted by Gasteiger charge is 2.29. The second-order valence-electron chi connectivity index (χ2n) is 5.28. The van der Waals surface area contributed by atoms with Gasteiger partial charge < -0.3 is 4.98 Å². The molecule has 0 amide bonds. The third-order valence-corrected chi connectivity index (χ3v) is 5.83. The van der Waals surface area contributed by atoms with Gasteiger partial charge in [-0.3, -0.25) is 0 Å². The van der Waals surface area contributed by atoms with Gasteiger partial charge >= 0.3 is 0 Å². The van der Waals surface area contributed by atoms with Gasteiger partial charge in [-0.25, -0.2) is 18.4 Å². The molecule has 22 heavy (non-hydrogen) atoms. The van der Waals surface area contributed by atoms with Crippen LogP contribution in [0.15, 0.2) is 47.8 Å². The number of aromatic nitrogens is 3. The van der Waals surface area contributed by atoms with Crippen LogP contribution in [0, 0.1) is 0 Å². The lowest BCUT2D eigenvalue weighted by Gasteiger charge is -2.29. The van der Waals surface area contributed by atoms with Crippen LogP contribution < -0.4 is 0 Å². The zero-order valence-corrected chi connectivity index (χ0v) is 12.5. The van der Waals surface area contributed by atoms with Gasteiger partial charge in [-0.05, 0) is 30.2 Å². The molecule has 3 aromatic rings. The summed E-state index contributed by atoms with van der Waals surface area (Å²) in [6.45, 7) is 1.23. The average molecular weight is 314 g/mol. The largest absolute Gasteiger partial charge is 0.343 e. The fourth-order valence-corrected chi connectivity index (χ4v) is 4.00. The number of H-pyrrole nitrogens is 1. The van der Waals surface area contributed by atoms with Gasteiger partial charge in [0.2, 0.25) is 10.0 Å². The van der Waals surface area contributed by atoms with Crippen molar-refractivity contribution in [1.82, 2.24) is 19.3 Å². The second-order valence-corrected chi connectivity index (χ2v) is 7.22. The Morgan fingerprint density at radius 1 is 1.05 bits per heavy atom. The first kappa shape index (κ1) is 13.4. The Morgan fingerprint density at radius 3 is 2.50 bits per heavy atom. The maximum absolute atomic E-state index is 12.3. The molecule has 0 spiro atoms. The van der Waals surface area contributed by atoms with Crippen molar-refractivity contribution in [3.05, 3.63) is 42.9 Å². The molecule has 2 aromatic heterocycles. The number of pyridine rings is 1. The zero-order valence-electron chi connectivity index (χ0n) is 11.7. The van der Waals surface area contributed by atoms with E-state index < -0.39 is 10.0 Å². The number of hydrogen-bond donors (Lipinski definition) is 1. The van der Waals surface area contributed by atoms with Crippen molar-refractivity contribution < 1.29 is 8.42 Å². The van der Waals surface area contributed by atoms with Crippen LogP contribution in [0.3, 0.4) is 0 Å². The normalized spacial score (nSPS) is 15.8. The molecule has 0 atom stereocenters. The predicted molar refractivity (Wildman–Crippen MR) is 82.7 cm³/mol. The van der Waals surface area contributed by atoms with E-state index in [0.29, 0.717) is 23.6 Å². The minimum Gasteiger partial charge on any atom is -0.343 e. The van der Waals surface area contributed by atoms with Crippen LogP contribution in [0.4, 0.5) is 0 Å². The lowest BCUT2D eigenvalue weighted by Crippen LogP contribution is -2.41. The minimum absolute atomic E-state index is 0.339. The maximum atomic E-state index is 12.3. The number of benzene rings is 1. The van der Waals surface area contributed by atoms with E-state index >= 15 is 0 Å². The summed E-state index contributed by atoms with van der Waals surface area (Å²) < 4.78 is 26.1. The summed E-state index contributed by atoms with van der Waals surface area (Å²) in [7, 11) is -3.33. The van der Waals surface area contributed by atoms with Crippen LogP contribution >= 0.6 is 0 Å². The molecular formula is C15H14N4O2S. The van der Waals surface area contributed by atoms with Crippen LogP contribution in [0.5, 0.6) is 0 Å². The van der Waals surface area contributed by atoms with Crippen LogP contribution in [0.2, 0.25) is 0 Å². The molecule has 1 fully saturated rings. The predicted octanol–water partition coefficient (Wildman–Crippen LogP) is 2.02. The van der Waals surface area contributed by atoms with E-state index in [1.54, 1.807) is 24.7 Å². The summed E-state index contributed by atoms with van der Waals surface area (Å²) in [4.78, 5) is 11.7. The van der Waals surface area contributed by atoms with Crippen LogP contribution in [-0.4, -0.2) is 40.8 Å². The van der Waals surface area contributed by atoms with E-state index in [1.807, 2.05) is 18.2 Å². The average Bonchev–Trinajstić information content (AvgIpc) is 2.92. The quantitative estimate of drug-likeness (QED) is 0.802. The molecule has 1 aromatic carbocycles. The maximum Gasteiger partial charge on any atom is 0.243 e. The second kappa shape index (κ2) is 4.89. The zero-order chi connectivity index (χ0) is 15.2. The molecule has 1 saturated heterocycles. The van der Waals surface area contributed by atoms with Crippen molar-refractivity contribution in [1.29, 1.82) is 0 Å². The van der Waals surface area contributed by atoms with E-state index in [4.69, 9.17) is 0 Å². The molecule has 6 nitrogen and oxygen atoms in total. The number of rotatable bonds is 3. The summed E-state index contributed by atoms with van der Waals surface area (Å²) in [5.41, 5.74) is 3.37. The lowest BCUT2D eigenvalue weighted by atomic mass is 10.1. The third kappa shape index (κ3) is 2.10. The van der Waals surface area contributed by atoms with Crippen LogP contribution in [-0.2, 0) is 10.0 Å². The van der Waals surface area contributed by atoms with Crippen molar-refractivity contribution >= 4 is 21.2 Å². The van der Waals surface area contributed by atoms with E-state index in [2.05, 4.69) is 15.0 Å². The van der Waals surface area contributed by atoms with Gasteiger partial charge in [0.15, 0.2) is 5.65 Å². The number of hydrogen-bond acceptors (Lipinski definition) is 4. The summed E-state index contributed by atoms with van der Waals surface area (Å²) >= 11 is 0. The molecule has 0 bridgehead atoms. The summed E-state index contributed by atoms with van der Waals surface area (Å²) in [6, 6.07) is 8.88. The Hall–Kier alpha value is -2.25. The summed E-state index contributed by atoms with van der Waals surface area (Å²) in [6.07, 6.45) is 4.28. The molecular weight excluding hydrogens is 300 g/mol. The molecule has 4 rings (SSSR count). The Morgan fingerprint density at radius 2 is 1.82 bits per heavy atom. The summed E-state index contributed by atoms with van der Waals surface area (Å²) in [5, 5.41) is 0. The number of imidazole rings is 1. The van der Waals surface area contributed by atoms with E-state index in [0.717, 1.165) is 23.1 Å². The van der Waals surface area contributed by atoms with Gasteiger partial charge in [0.1, 0.15) is 0 Å². The van der Waals surface area contributed by atoms with Gasteiger partial charge in [-0.1, -0.05) is 12.1 Å². The van der Waals surface area contributed by atoms with Crippen molar-refractivity contribution in [2.24, 2.45) is 0 Å². The molecule has 0 saturated carbocycles. The SMILES string of the molecule is O=S(=O)(c1ccc(-c2cnc3nc[nH]c3c2)cc1)N1CCC1. The topological polar surface area (TPSA) is 79.0 Å². The Kier molecular flexibility index (Phi) is 2.98. The van der Waals surface area contributed by atoms with Crippen molar-refractivity contribution in [3.63, 3.8) is 0 Å². The standard InChI is InChI=1S/C15H14N4O2S/c20-22(21,19-6-1-7-19)13-4-2-11(3-5-13)12-8-14-15(16-9-12)18-10-17-14/h2-5,8-10H,1,6-7H2,(H,16,17,18). The third-order valence-electron chi connectivity index (χ3n) is 3.91. The molecule has 0 unspecified atom stereocenters. The first-order valence-electron chi connectivity index (χ1n) is 7.04. The van der Waals surface area contributed by atoms with Gasteiger partial charge in [0, 0.05) is 24.8 Å². The fraction of sp³-hybridized carbons (Fsp3) is 0.200. The van der Waals surface area contributed by atoms with Crippen molar-refractivity contribution in [3.8, 4) is 11.1 Å². The Balaban J connectivity index is 1.69. The number of aromatic amines is 1. The van der Waals surface area contributed by atoms with Gasteiger partial charge in [-0.2, -0.15) is 4.31 Å². The van der Waals surface area contributed by atoms with Gasteiger partial charge in [-0.15, -0.1) is 0 Å². The number of nitrogens with zero attached hydrogens (tertiary/aromatic N) is 3. The highest BCUT2D eigenvalue weighted by molar-refractivity contribution is 7.89. The molecule has 1 aliphatic heterocycles. The lowest BCUT2D eigenvalue weighted by molar-refractivity contribution is 0.309. The van der Waals surface area contributed by atoms with Crippen molar-refractivity contribution in [2.75, 3.05) is 13.1 Å². The van der Waals surface area contributed by atoms with Crippen LogP contribution in [0.25, 0.3) is 22.3 Å². The highest BCUT2D eigenvalue weighted by atomic mass is 32.2. The number of sulfonamides is 1. The van der Waals surface area contributed by atoms with Gasteiger partial charge in [0.25, 0.3) is 0 Å². The highest BCUT2D eigenvalue weighted by Crippen LogP contribution is 2.25. The molecule has 1 N–H and O–H groups in total. The van der Waals surface area contributed by atoms with E-state index in [1.165, 1.54) is 4.31 Å². The molecule has 0 radical (unpaired) electrons. The number of fused-ring (bicyclic) bond motifs is 1. The van der Waals surface area contributed by atoms with E-state index in [-0.39, 0.29) is 0 Å². The monoisotopic (exact) mass is 314 g/mol. The van der Waals surface area contributed by atoms with Gasteiger partial charge in [0.05, 0.1) is 16.7 Å². The molecule has 7 heteroatoms. The first-order chi connectivity index (χ1) is 10.6. The summed E-state index contributed by atoms with van der Waals surface area (Å²) in [5.74, 6) is 0. The molecule has 3 heterocycles. The molecule has 0 aliphatic carbocycles. The fourth-order valence-electron chi connectivity index (χ4n) is 2.48. The van der Waals surface area contributed by atoms with Crippen molar-refractivity contribution in [2.45, 2.75) is 11.3 Å². The number of nitrogens with one attached hydrogen (secondary N) is 1. The smallest absolute Gasteiger partial charge is 0.243 e. The Bertz CT molecular complexity index is 928. The molecule has 112 valence electrons. The minimum atomic E-state index is -3.33.